The molecule has 1 aliphatic rings. The molecular formula is C12H10F2N2O2. The normalized spacial score (nSPS) is 16.8. The molecule has 0 atom stereocenters. The van der Waals surface area contributed by atoms with E-state index in [1.807, 2.05) is 0 Å². The van der Waals surface area contributed by atoms with Crippen molar-refractivity contribution in [3.05, 3.63) is 29.6 Å². The molecule has 18 heavy (non-hydrogen) atoms. The first-order valence-corrected chi connectivity index (χ1v) is 5.50. The number of hydrogen-bond acceptors (Lipinski definition) is 3. The van der Waals surface area contributed by atoms with Gasteiger partial charge >= 0.3 is 5.97 Å². The number of halogens is 2. The van der Waals surface area contributed by atoms with Crippen molar-refractivity contribution in [1.82, 2.24) is 9.97 Å². The lowest BCUT2D eigenvalue weighted by molar-refractivity contribution is -0.143. The molecule has 6 heteroatoms. The van der Waals surface area contributed by atoms with E-state index in [0.29, 0.717) is 18.7 Å². The van der Waals surface area contributed by atoms with Crippen molar-refractivity contribution in [2.75, 3.05) is 7.11 Å². The maximum atomic E-state index is 13.5. The van der Waals surface area contributed by atoms with E-state index >= 15 is 0 Å². The summed E-state index contributed by atoms with van der Waals surface area (Å²) in [6.07, 6.45) is 1.20. The Balaban J connectivity index is 2.15. The molecule has 1 fully saturated rings. The molecule has 94 valence electrons. The van der Waals surface area contributed by atoms with Crippen LogP contribution in [0.1, 0.15) is 18.7 Å². The van der Waals surface area contributed by atoms with Crippen LogP contribution in [-0.2, 0) is 14.9 Å². The Kier molecular flexibility index (Phi) is 2.17. The first-order valence-electron chi connectivity index (χ1n) is 5.50. The Labute approximate surface area is 101 Å². The van der Waals surface area contributed by atoms with Crippen molar-refractivity contribution in [3.8, 4) is 0 Å². The lowest BCUT2D eigenvalue weighted by Crippen LogP contribution is -2.23. The number of esters is 1. The molecule has 1 N–H and O–H groups in total. The van der Waals surface area contributed by atoms with E-state index < -0.39 is 23.0 Å². The molecule has 1 aliphatic carbocycles. The van der Waals surface area contributed by atoms with Crippen LogP contribution in [0, 0.1) is 11.6 Å². The van der Waals surface area contributed by atoms with E-state index in [0.717, 1.165) is 12.1 Å². The maximum Gasteiger partial charge on any atom is 0.319 e. The summed E-state index contributed by atoms with van der Waals surface area (Å²) in [4.78, 5) is 18.5. The van der Waals surface area contributed by atoms with E-state index in [9.17, 15) is 13.6 Å². The molecule has 0 aliphatic heterocycles. The first kappa shape index (κ1) is 11.1. The van der Waals surface area contributed by atoms with Crippen LogP contribution in [0.3, 0.4) is 0 Å². The Bertz CT molecular complexity index is 647. The summed E-state index contributed by atoms with van der Waals surface area (Å²) < 4.78 is 31.3. The van der Waals surface area contributed by atoms with Gasteiger partial charge in [0.05, 0.1) is 12.6 Å². The SMILES string of the molecule is COC(=O)C1(c2nc3c(F)cc(F)cc3[nH]2)CC1. The third-order valence-corrected chi connectivity index (χ3v) is 3.28. The van der Waals surface area contributed by atoms with Crippen LogP contribution >= 0.6 is 0 Å². The van der Waals surface area contributed by atoms with E-state index in [1.165, 1.54) is 7.11 Å². The second-order valence-electron chi connectivity index (χ2n) is 4.44. The van der Waals surface area contributed by atoms with Crippen LogP contribution in [0.5, 0.6) is 0 Å². The van der Waals surface area contributed by atoms with Gasteiger partial charge in [-0.05, 0) is 18.9 Å². The molecule has 1 aromatic heterocycles. The van der Waals surface area contributed by atoms with Gasteiger partial charge in [-0.1, -0.05) is 0 Å². The van der Waals surface area contributed by atoms with Gasteiger partial charge in [-0.2, -0.15) is 0 Å². The monoisotopic (exact) mass is 252 g/mol. The Hall–Kier alpha value is -1.98. The van der Waals surface area contributed by atoms with Gasteiger partial charge in [-0.15, -0.1) is 0 Å². The highest BCUT2D eigenvalue weighted by atomic mass is 19.1. The summed E-state index contributed by atoms with van der Waals surface area (Å²) in [5.74, 6) is -1.48. The van der Waals surface area contributed by atoms with Crippen LogP contribution in [0.15, 0.2) is 12.1 Å². The third-order valence-electron chi connectivity index (χ3n) is 3.28. The number of carbonyl (C=O) groups excluding carboxylic acids is 1. The van der Waals surface area contributed by atoms with Gasteiger partial charge in [0, 0.05) is 6.07 Å². The van der Waals surface area contributed by atoms with Crippen molar-refractivity contribution in [2.24, 2.45) is 0 Å². The molecule has 0 spiro atoms. The molecule has 4 nitrogen and oxygen atoms in total. The minimum absolute atomic E-state index is 0.0431. The van der Waals surface area contributed by atoms with Gasteiger partial charge in [-0.3, -0.25) is 4.79 Å². The molecule has 0 radical (unpaired) electrons. The molecule has 1 saturated carbocycles. The van der Waals surface area contributed by atoms with Crippen LogP contribution in [0.2, 0.25) is 0 Å². The molecule has 0 bridgehead atoms. The smallest absolute Gasteiger partial charge is 0.319 e. The standard InChI is InChI=1S/C12H10F2N2O2/c1-18-11(17)12(2-3-12)10-15-8-5-6(13)4-7(14)9(8)16-10/h4-5H,2-3H2,1H3,(H,15,16). The van der Waals surface area contributed by atoms with E-state index in [4.69, 9.17) is 4.74 Å². The van der Waals surface area contributed by atoms with Crippen molar-refractivity contribution in [2.45, 2.75) is 18.3 Å². The number of methoxy groups -OCH3 is 1. The summed E-state index contributed by atoms with van der Waals surface area (Å²) >= 11 is 0. The van der Waals surface area contributed by atoms with Gasteiger partial charge in [-0.25, -0.2) is 13.8 Å². The van der Waals surface area contributed by atoms with Gasteiger partial charge in [0.25, 0.3) is 0 Å². The van der Waals surface area contributed by atoms with E-state index in [1.54, 1.807) is 0 Å². The highest BCUT2D eigenvalue weighted by Gasteiger charge is 2.55. The van der Waals surface area contributed by atoms with Crippen molar-refractivity contribution in [3.63, 3.8) is 0 Å². The molecular weight excluding hydrogens is 242 g/mol. The number of nitrogens with zero attached hydrogens (tertiary/aromatic N) is 1. The molecule has 2 aromatic rings. The zero-order valence-corrected chi connectivity index (χ0v) is 9.59. The summed E-state index contributed by atoms with van der Waals surface area (Å²) in [6, 6.07) is 1.92. The summed E-state index contributed by atoms with van der Waals surface area (Å²) in [6.45, 7) is 0. The minimum Gasteiger partial charge on any atom is -0.468 e. The van der Waals surface area contributed by atoms with Crippen molar-refractivity contribution >= 4 is 17.0 Å². The Morgan fingerprint density at radius 1 is 1.44 bits per heavy atom. The number of aromatic amines is 1. The van der Waals surface area contributed by atoms with Crippen LogP contribution < -0.4 is 0 Å². The zero-order chi connectivity index (χ0) is 12.9. The number of aromatic nitrogens is 2. The topological polar surface area (TPSA) is 55.0 Å². The fourth-order valence-electron chi connectivity index (χ4n) is 2.13. The molecule has 0 amide bonds. The summed E-state index contributed by atoms with van der Waals surface area (Å²) in [5, 5.41) is 0. The van der Waals surface area contributed by atoms with Crippen LogP contribution in [-0.4, -0.2) is 23.0 Å². The number of benzene rings is 1. The maximum absolute atomic E-state index is 13.5. The predicted molar refractivity (Wildman–Crippen MR) is 58.9 cm³/mol. The number of carbonyl (C=O) groups is 1. The number of H-pyrrole nitrogens is 1. The second-order valence-corrected chi connectivity index (χ2v) is 4.44. The Morgan fingerprint density at radius 3 is 2.78 bits per heavy atom. The number of hydrogen-bond donors (Lipinski definition) is 1. The fourth-order valence-corrected chi connectivity index (χ4v) is 2.13. The molecule has 0 unspecified atom stereocenters. The molecule has 0 saturated heterocycles. The fraction of sp³-hybridized carbons (Fsp3) is 0.333. The molecule has 1 heterocycles. The van der Waals surface area contributed by atoms with Gasteiger partial charge in [0.2, 0.25) is 0 Å². The number of ether oxygens (including phenoxy) is 1. The highest BCUT2D eigenvalue weighted by molar-refractivity contribution is 5.87. The minimum atomic E-state index is -0.809. The first-order chi connectivity index (χ1) is 8.56. The molecule has 3 rings (SSSR count). The highest BCUT2D eigenvalue weighted by Crippen LogP contribution is 2.48. The zero-order valence-electron chi connectivity index (χ0n) is 9.59. The molecule has 1 aromatic carbocycles. The van der Waals surface area contributed by atoms with Crippen LogP contribution in [0.4, 0.5) is 8.78 Å². The van der Waals surface area contributed by atoms with Gasteiger partial charge in [0.15, 0.2) is 5.82 Å². The predicted octanol–water partition coefficient (Wildman–Crippen LogP) is 2.05. The third kappa shape index (κ3) is 1.41. The van der Waals surface area contributed by atoms with Gasteiger partial charge < -0.3 is 9.72 Å². The summed E-state index contributed by atoms with van der Waals surface area (Å²) in [5.41, 5.74) is -0.518. The number of fused-ring (bicyclic) bond motifs is 1. The lowest BCUT2D eigenvalue weighted by Gasteiger charge is -2.08. The van der Waals surface area contributed by atoms with E-state index in [-0.39, 0.29) is 11.0 Å². The number of nitrogens with one attached hydrogen (secondary N) is 1. The largest absolute Gasteiger partial charge is 0.468 e. The average Bonchev–Trinajstić information content (AvgIpc) is 3.03. The number of rotatable bonds is 2. The lowest BCUT2D eigenvalue weighted by atomic mass is 10.1. The summed E-state index contributed by atoms with van der Waals surface area (Å²) in [7, 11) is 1.30. The number of imidazole rings is 1. The Morgan fingerprint density at radius 2 is 2.17 bits per heavy atom. The quantitative estimate of drug-likeness (QED) is 0.832. The average molecular weight is 252 g/mol. The van der Waals surface area contributed by atoms with Crippen LogP contribution in [0.25, 0.3) is 11.0 Å². The second kappa shape index (κ2) is 3.51. The van der Waals surface area contributed by atoms with E-state index in [2.05, 4.69) is 9.97 Å². The van der Waals surface area contributed by atoms with Gasteiger partial charge in [0.1, 0.15) is 22.6 Å². The van der Waals surface area contributed by atoms with Crippen molar-refractivity contribution in [1.29, 1.82) is 0 Å². The van der Waals surface area contributed by atoms with Crippen molar-refractivity contribution < 1.29 is 18.3 Å².